The lowest BCUT2D eigenvalue weighted by Gasteiger charge is -2.49. The second-order valence-electron chi connectivity index (χ2n) is 10.8. The molecule has 16 nitrogen and oxygen atoms in total. The summed E-state index contributed by atoms with van der Waals surface area (Å²) in [6.45, 7) is 0.491. The smallest absolute Gasteiger partial charge is 0.190 e. The molecule has 0 spiro atoms. The molecule has 0 bridgehead atoms. The quantitative estimate of drug-likeness (QED) is 0.188. The minimum Gasteiger partial charge on any atom is -0.382 e. The summed E-state index contributed by atoms with van der Waals surface area (Å²) in [5, 5.41) is 0. The zero-order valence-corrected chi connectivity index (χ0v) is 28.3. The molecule has 0 unspecified atom stereocenters. The van der Waals surface area contributed by atoms with E-state index < -0.39 is 92.1 Å². The second-order valence-corrected chi connectivity index (χ2v) is 10.8. The van der Waals surface area contributed by atoms with Gasteiger partial charge in [-0.25, -0.2) is 0 Å². The first-order chi connectivity index (χ1) is 21.9. The van der Waals surface area contributed by atoms with Crippen molar-refractivity contribution in [2.24, 2.45) is 0 Å². The van der Waals surface area contributed by atoms with Crippen molar-refractivity contribution < 1.29 is 75.8 Å². The Bertz CT molecular complexity index is 810. The molecule has 3 saturated heterocycles. The third-order valence-electron chi connectivity index (χ3n) is 8.58. The molecular weight excluding hydrogens is 604 g/mol. The average Bonchev–Trinajstić information content (AvgIpc) is 3.06. The normalized spacial score (nSPS) is 42.6. The van der Waals surface area contributed by atoms with Crippen LogP contribution < -0.4 is 0 Å². The molecule has 45 heavy (non-hydrogen) atoms. The highest BCUT2D eigenvalue weighted by molar-refractivity contribution is 4.97. The first-order valence-electron chi connectivity index (χ1n) is 14.8. The maximum Gasteiger partial charge on any atom is 0.190 e. The van der Waals surface area contributed by atoms with Gasteiger partial charge in [-0.2, -0.15) is 0 Å². The van der Waals surface area contributed by atoms with Crippen molar-refractivity contribution in [3.05, 3.63) is 0 Å². The van der Waals surface area contributed by atoms with Crippen molar-refractivity contribution >= 4 is 0 Å². The van der Waals surface area contributed by atoms with E-state index in [-0.39, 0.29) is 19.8 Å². The molecule has 0 saturated carbocycles. The monoisotopic (exact) mass is 658 g/mol. The SMILES string of the molecule is COC[C@H]1O[C@@H](OC[C@H]2O[C@H](O[C@H]3O[C@H](COC)[C@@H](OC)[C@H](OC)[C@H]3OC)[C@H](OC)[C@@H](OC)[C@@H]2OC)[C@H](OC)[C@@H](OC)[C@@H]1OC. The van der Waals surface area contributed by atoms with Crippen LogP contribution in [-0.4, -0.2) is 190 Å². The van der Waals surface area contributed by atoms with Crippen molar-refractivity contribution in [3.8, 4) is 0 Å². The van der Waals surface area contributed by atoms with Crippen LogP contribution in [0.5, 0.6) is 0 Å². The van der Waals surface area contributed by atoms with Crippen LogP contribution in [0.4, 0.5) is 0 Å². The molecule has 0 radical (unpaired) electrons. The zero-order valence-electron chi connectivity index (χ0n) is 28.3. The van der Waals surface area contributed by atoms with Gasteiger partial charge in [-0.15, -0.1) is 0 Å². The molecule has 0 aliphatic carbocycles. The Morgan fingerprint density at radius 1 is 0.333 bits per heavy atom. The summed E-state index contributed by atoms with van der Waals surface area (Å²) in [7, 11) is 17.2. The minimum absolute atomic E-state index is 0.00491. The second kappa shape index (κ2) is 19.4. The van der Waals surface area contributed by atoms with Crippen LogP contribution in [0.3, 0.4) is 0 Å². The molecule has 3 heterocycles. The van der Waals surface area contributed by atoms with Gasteiger partial charge < -0.3 is 75.8 Å². The summed E-state index contributed by atoms with van der Waals surface area (Å²) < 4.78 is 94.5. The van der Waals surface area contributed by atoms with Crippen LogP contribution in [-0.2, 0) is 75.8 Å². The molecule has 3 fully saturated rings. The molecule has 15 atom stereocenters. The standard InChI is InChI=1S/C29H54O16/c1-30-12-15-18(32-3)21(35-6)24(38-9)27(42-15)41-14-17-20(34-5)23(37-8)26(40-11)29(44-17)45-28-25(39-10)22(36-7)19(33-4)16(43-28)13-31-2/h15-29H,12-14H2,1-11H3/t15-,16-,17-,18-,19-,20-,21+,22+,23+,24-,25-,26-,27-,28-,29-/m1/s1. The van der Waals surface area contributed by atoms with Crippen molar-refractivity contribution in [2.45, 2.75) is 92.1 Å². The highest BCUT2D eigenvalue weighted by Crippen LogP contribution is 2.34. The predicted octanol–water partition coefficient (Wildman–Crippen LogP) is -0.378. The van der Waals surface area contributed by atoms with Crippen LogP contribution in [0.15, 0.2) is 0 Å². The van der Waals surface area contributed by atoms with Gasteiger partial charge in [0.05, 0.1) is 19.8 Å². The van der Waals surface area contributed by atoms with Gasteiger partial charge in [0.25, 0.3) is 0 Å². The van der Waals surface area contributed by atoms with E-state index >= 15 is 0 Å². The molecule has 0 N–H and O–H groups in total. The lowest BCUT2D eigenvalue weighted by Crippen LogP contribution is -2.66. The topological polar surface area (TPSA) is 148 Å². The lowest BCUT2D eigenvalue weighted by molar-refractivity contribution is -0.388. The Morgan fingerprint density at radius 3 is 0.933 bits per heavy atom. The van der Waals surface area contributed by atoms with Crippen LogP contribution in [0.2, 0.25) is 0 Å². The zero-order chi connectivity index (χ0) is 33.1. The number of ether oxygens (including phenoxy) is 16. The van der Waals surface area contributed by atoms with Crippen molar-refractivity contribution in [1.82, 2.24) is 0 Å². The summed E-state index contributed by atoms with van der Waals surface area (Å²) in [6.07, 6.45) is -9.71. The fourth-order valence-corrected chi connectivity index (χ4v) is 6.45. The third kappa shape index (κ3) is 8.70. The molecule has 3 rings (SSSR count). The van der Waals surface area contributed by atoms with Gasteiger partial charge in [0.2, 0.25) is 0 Å². The van der Waals surface area contributed by atoms with E-state index in [4.69, 9.17) is 75.8 Å². The molecule has 0 aromatic carbocycles. The van der Waals surface area contributed by atoms with E-state index in [0.717, 1.165) is 0 Å². The minimum atomic E-state index is -1.00. The lowest BCUT2D eigenvalue weighted by atomic mass is 9.97. The van der Waals surface area contributed by atoms with Crippen molar-refractivity contribution in [2.75, 3.05) is 98.0 Å². The maximum atomic E-state index is 6.48. The van der Waals surface area contributed by atoms with Gasteiger partial charge in [0, 0.05) is 78.2 Å². The average molecular weight is 659 g/mol. The fourth-order valence-electron chi connectivity index (χ4n) is 6.45. The van der Waals surface area contributed by atoms with E-state index in [9.17, 15) is 0 Å². The van der Waals surface area contributed by atoms with Crippen molar-refractivity contribution in [1.29, 1.82) is 0 Å². The molecule has 0 amide bonds. The fraction of sp³-hybridized carbons (Fsp3) is 1.00. The first-order valence-corrected chi connectivity index (χ1v) is 14.8. The van der Waals surface area contributed by atoms with Crippen LogP contribution in [0.1, 0.15) is 0 Å². The summed E-state index contributed by atoms with van der Waals surface area (Å²) in [5.74, 6) is 0. The number of rotatable bonds is 18. The first kappa shape index (κ1) is 38.8. The van der Waals surface area contributed by atoms with Gasteiger partial charge in [-0.3, -0.25) is 0 Å². The number of methoxy groups -OCH3 is 11. The predicted molar refractivity (Wildman–Crippen MR) is 154 cm³/mol. The van der Waals surface area contributed by atoms with Crippen LogP contribution >= 0.6 is 0 Å². The molecule has 3 aliphatic heterocycles. The van der Waals surface area contributed by atoms with Gasteiger partial charge in [0.1, 0.15) is 73.2 Å². The summed E-state index contributed by atoms with van der Waals surface area (Å²) in [4.78, 5) is 0. The summed E-state index contributed by atoms with van der Waals surface area (Å²) in [5.41, 5.74) is 0. The molecule has 266 valence electrons. The molecular formula is C29H54O16. The Labute approximate surface area is 266 Å². The molecule has 0 aromatic rings. The number of hydrogen-bond acceptors (Lipinski definition) is 16. The van der Waals surface area contributed by atoms with E-state index in [1.54, 1.807) is 71.1 Å². The highest BCUT2D eigenvalue weighted by atomic mass is 16.8. The van der Waals surface area contributed by atoms with E-state index in [1.807, 2.05) is 0 Å². The third-order valence-corrected chi connectivity index (χ3v) is 8.58. The van der Waals surface area contributed by atoms with Gasteiger partial charge in [0.15, 0.2) is 18.9 Å². The maximum absolute atomic E-state index is 6.48. The molecule has 3 aliphatic rings. The van der Waals surface area contributed by atoms with Gasteiger partial charge >= 0.3 is 0 Å². The van der Waals surface area contributed by atoms with Crippen molar-refractivity contribution in [3.63, 3.8) is 0 Å². The highest BCUT2D eigenvalue weighted by Gasteiger charge is 2.54. The summed E-state index contributed by atoms with van der Waals surface area (Å²) in [6, 6.07) is 0. The van der Waals surface area contributed by atoms with Crippen LogP contribution in [0, 0.1) is 0 Å². The molecule has 0 aromatic heterocycles. The Morgan fingerprint density at radius 2 is 0.622 bits per heavy atom. The van der Waals surface area contributed by atoms with E-state index in [1.165, 1.54) is 7.11 Å². The Balaban J connectivity index is 1.85. The van der Waals surface area contributed by atoms with Crippen LogP contribution in [0.25, 0.3) is 0 Å². The Kier molecular flexibility index (Phi) is 16.7. The van der Waals surface area contributed by atoms with Gasteiger partial charge in [-0.05, 0) is 0 Å². The molecule has 16 heteroatoms. The van der Waals surface area contributed by atoms with E-state index in [0.29, 0.717) is 0 Å². The number of hydrogen-bond donors (Lipinski definition) is 0. The largest absolute Gasteiger partial charge is 0.382 e. The van der Waals surface area contributed by atoms with E-state index in [2.05, 4.69) is 0 Å². The van der Waals surface area contributed by atoms with Gasteiger partial charge in [-0.1, -0.05) is 0 Å². The Hall–Kier alpha value is -0.640. The summed E-state index contributed by atoms with van der Waals surface area (Å²) >= 11 is 0.